The maximum Gasteiger partial charge on any atom is 0.310 e. The molecule has 3 rings (SSSR count). The van der Waals surface area contributed by atoms with Gasteiger partial charge in [0.1, 0.15) is 5.82 Å². The first-order valence-corrected chi connectivity index (χ1v) is 7.23. The number of hydrogen-bond acceptors (Lipinski definition) is 5. The van der Waals surface area contributed by atoms with E-state index < -0.39 is 0 Å². The van der Waals surface area contributed by atoms with Gasteiger partial charge < -0.3 is 15.4 Å². The summed E-state index contributed by atoms with van der Waals surface area (Å²) < 4.78 is 4.82. The second kappa shape index (κ2) is 5.35. The number of carbonyl (C=O) groups is 2. The molecule has 2 N–H and O–H groups in total. The molecule has 6 heteroatoms. The van der Waals surface area contributed by atoms with Crippen molar-refractivity contribution in [1.82, 2.24) is 9.88 Å². The minimum absolute atomic E-state index is 0.0461. The fourth-order valence-corrected chi connectivity index (χ4v) is 3.31. The Morgan fingerprint density at radius 1 is 1.43 bits per heavy atom. The Balaban J connectivity index is 1.90. The van der Waals surface area contributed by atoms with Crippen molar-refractivity contribution in [3.63, 3.8) is 0 Å². The van der Waals surface area contributed by atoms with Crippen LogP contribution in [0.2, 0.25) is 0 Å². The standard InChI is InChI=1S/C15H19N3O3/c1-21-15(20)10-3-5-11-4-2-9-7-17-13(16)6-12(9)14(19)18(11)8-10/h6-7,10-11H,2-5,8H2,1H3,(H2,16,17). The summed E-state index contributed by atoms with van der Waals surface area (Å²) in [4.78, 5) is 30.4. The lowest BCUT2D eigenvalue weighted by Crippen LogP contribution is -2.48. The van der Waals surface area contributed by atoms with Crippen LogP contribution in [0.4, 0.5) is 5.82 Å². The number of ether oxygens (including phenoxy) is 1. The number of rotatable bonds is 1. The molecule has 1 aromatic heterocycles. The monoisotopic (exact) mass is 289 g/mol. The number of nitrogens with two attached hydrogens (primary N) is 1. The van der Waals surface area contributed by atoms with Crippen LogP contribution < -0.4 is 5.73 Å². The summed E-state index contributed by atoms with van der Waals surface area (Å²) >= 11 is 0. The van der Waals surface area contributed by atoms with Crippen molar-refractivity contribution in [2.45, 2.75) is 31.7 Å². The zero-order valence-corrected chi connectivity index (χ0v) is 12.0. The van der Waals surface area contributed by atoms with Crippen LogP contribution in [0.25, 0.3) is 0 Å². The highest BCUT2D eigenvalue weighted by molar-refractivity contribution is 5.97. The largest absolute Gasteiger partial charge is 0.469 e. The number of nitrogen functional groups attached to an aromatic ring is 1. The van der Waals surface area contributed by atoms with Gasteiger partial charge in [-0.1, -0.05) is 0 Å². The van der Waals surface area contributed by atoms with Crippen molar-refractivity contribution in [1.29, 1.82) is 0 Å². The van der Waals surface area contributed by atoms with E-state index >= 15 is 0 Å². The normalized spacial score (nSPS) is 24.8. The number of nitrogens with zero attached hydrogens (tertiary/aromatic N) is 2. The van der Waals surface area contributed by atoms with Crippen LogP contribution in [0.1, 0.15) is 35.2 Å². The number of aryl methyl sites for hydroxylation is 1. The number of esters is 1. The zero-order valence-electron chi connectivity index (χ0n) is 12.0. The molecule has 21 heavy (non-hydrogen) atoms. The molecule has 2 unspecified atom stereocenters. The van der Waals surface area contributed by atoms with Crippen LogP contribution in [0.3, 0.4) is 0 Å². The van der Waals surface area contributed by atoms with Gasteiger partial charge >= 0.3 is 5.97 Å². The predicted octanol–water partition coefficient (Wildman–Crippen LogP) is 1.00. The molecule has 6 nitrogen and oxygen atoms in total. The van der Waals surface area contributed by atoms with Crippen LogP contribution in [-0.2, 0) is 16.0 Å². The van der Waals surface area contributed by atoms with E-state index in [2.05, 4.69) is 4.98 Å². The first-order chi connectivity index (χ1) is 10.1. The molecule has 0 saturated carbocycles. The van der Waals surface area contributed by atoms with Crippen molar-refractivity contribution >= 4 is 17.7 Å². The third-order valence-electron chi connectivity index (χ3n) is 4.49. The van der Waals surface area contributed by atoms with E-state index in [9.17, 15) is 9.59 Å². The number of pyridine rings is 1. The summed E-state index contributed by atoms with van der Waals surface area (Å²) in [6.45, 7) is 0.428. The van der Waals surface area contributed by atoms with Gasteiger partial charge in [-0.25, -0.2) is 4.98 Å². The number of fused-ring (bicyclic) bond motifs is 2. The smallest absolute Gasteiger partial charge is 0.310 e. The lowest BCUT2D eigenvalue weighted by molar-refractivity contribution is -0.147. The van der Waals surface area contributed by atoms with Crippen molar-refractivity contribution < 1.29 is 14.3 Å². The van der Waals surface area contributed by atoms with Crippen LogP contribution in [0.15, 0.2) is 12.3 Å². The van der Waals surface area contributed by atoms with Gasteiger partial charge in [-0.3, -0.25) is 9.59 Å². The molecule has 0 spiro atoms. The van der Waals surface area contributed by atoms with E-state index in [1.54, 1.807) is 12.3 Å². The fraction of sp³-hybridized carbons (Fsp3) is 0.533. The van der Waals surface area contributed by atoms with Crippen molar-refractivity contribution in [2.75, 3.05) is 19.4 Å². The highest BCUT2D eigenvalue weighted by Crippen LogP contribution is 2.31. The highest BCUT2D eigenvalue weighted by atomic mass is 16.5. The van der Waals surface area contributed by atoms with Crippen LogP contribution in [0, 0.1) is 5.92 Å². The van der Waals surface area contributed by atoms with Crippen molar-refractivity contribution in [2.24, 2.45) is 5.92 Å². The average Bonchev–Trinajstić information content (AvgIpc) is 2.64. The number of carbonyl (C=O) groups excluding carboxylic acids is 2. The first kappa shape index (κ1) is 13.9. The Bertz CT molecular complexity index is 588. The van der Waals surface area contributed by atoms with Crippen LogP contribution in [-0.4, -0.2) is 41.5 Å². The minimum Gasteiger partial charge on any atom is -0.469 e. The molecule has 1 aromatic rings. The van der Waals surface area contributed by atoms with E-state index in [0.29, 0.717) is 17.9 Å². The molecule has 3 heterocycles. The topological polar surface area (TPSA) is 85.5 Å². The number of amides is 1. The minimum atomic E-state index is -0.236. The molecule has 0 aromatic carbocycles. The van der Waals surface area contributed by atoms with E-state index in [1.807, 2.05) is 4.90 Å². The molecule has 112 valence electrons. The molecule has 1 saturated heterocycles. The number of methoxy groups -OCH3 is 1. The average molecular weight is 289 g/mol. The van der Waals surface area contributed by atoms with Gasteiger partial charge in [0, 0.05) is 24.3 Å². The summed E-state index contributed by atoms with van der Waals surface area (Å²) in [7, 11) is 1.39. The SMILES string of the molecule is COC(=O)C1CCC2CCc3cnc(N)cc3C(=O)N2C1. The lowest BCUT2D eigenvalue weighted by Gasteiger charge is -2.37. The second-order valence-corrected chi connectivity index (χ2v) is 5.71. The highest BCUT2D eigenvalue weighted by Gasteiger charge is 2.37. The molecule has 2 aliphatic rings. The maximum atomic E-state index is 12.8. The summed E-state index contributed by atoms with van der Waals surface area (Å²) in [5, 5.41) is 0. The van der Waals surface area contributed by atoms with E-state index in [-0.39, 0.29) is 23.8 Å². The summed E-state index contributed by atoms with van der Waals surface area (Å²) in [5.41, 5.74) is 7.27. The Morgan fingerprint density at radius 2 is 2.24 bits per heavy atom. The second-order valence-electron chi connectivity index (χ2n) is 5.71. The quantitative estimate of drug-likeness (QED) is 0.780. The van der Waals surface area contributed by atoms with E-state index in [1.165, 1.54) is 7.11 Å². The number of aromatic nitrogens is 1. The predicted molar refractivity (Wildman–Crippen MR) is 76.5 cm³/mol. The number of piperidine rings is 1. The Labute approximate surface area is 123 Å². The molecule has 2 atom stereocenters. The van der Waals surface area contributed by atoms with Gasteiger partial charge in [0.25, 0.3) is 5.91 Å². The van der Waals surface area contributed by atoms with Gasteiger partial charge in [0.05, 0.1) is 13.0 Å². The Hall–Kier alpha value is -2.11. The summed E-state index contributed by atoms with van der Waals surface area (Å²) in [6, 6.07) is 1.83. The Morgan fingerprint density at radius 3 is 3.00 bits per heavy atom. The molecule has 2 aliphatic heterocycles. The maximum absolute atomic E-state index is 12.8. The van der Waals surface area contributed by atoms with Crippen LogP contribution in [0.5, 0.6) is 0 Å². The fourth-order valence-electron chi connectivity index (χ4n) is 3.31. The van der Waals surface area contributed by atoms with Crippen molar-refractivity contribution in [3.8, 4) is 0 Å². The molecule has 1 fully saturated rings. The number of anilines is 1. The van der Waals surface area contributed by atoms with Gasteiger partial charge in [-0.15, -0.1) is 0 Å². The van der Waals surface area contributed by atoms with E-state index in [0.717, 1.165) is 31.2 Å². The third kappa shape index (κ3) is 2.46. The molecule has 1 amide bonds. The van der Waals surface area contributed by atoms with E-state index in [4.69, 9.17) is 10.5 Å². The molecule has 0 aliphatic carbocycles. The van der Waals surface area contributed by atoms with Gasteiger partial charge in [0.15, 0.2) is 0 Å². The zero-order chi connectivity index (χ0) is 15.0. The summed E-state index contributed by atoms with van der Waals surface area (Å²) in [6.07, 6.45) is 5.02. The first-order valence-electron chi connectivity index (χ1n) is 7.23. The van der Waals surface area contributed by atoms with Gasteiger partial charge in [0.2, 0.25) is 0 Å². The molecule has 0 radical (unpaired) electrons. The van der Waals surface area contributed by atoms with Crippen molar-refractivity contribution in [3.05, 3.63) is 23.4 Å². The third-order valence-corrected chi connectivity index (χ3v) is 4.49. The summed E-state index contributed by atoms with van der Waals surface area (Å²) in [5.74, 6) is -0.159. The number of hydrogen-bond donors (Lipinski definition) is 1. The van der Waals surface area contributed by atoms with Crippen LogP contribution >= 0.6 is 0 Å². The molecule has 0 bridgehead atoms. The van der Waals surface area contributed by atoms with Gasteiger partial charge in [-0.2, -0.15) is 0 Å². The molecular weight excluding hydrogens is 270 g/mol. The lowest BCUT2D eigenvalue weighted by atomic mass is 9.91. The molecular formula is C15H19N3O3. The van der Waals surface area contributed by atoms with Gasteiger partial charge in [-0.05, 0) is 37.3 Å². The Kier molecular flexibility index (Phi) is 3.53.